The standard InChI is InChI=1S/C14H28O4/c1-12(2,3)17-18-13(4,5)11-7-9-14(6,16-15)10-8-11/h11,15H,7-10H2,1-6H3. The van der Waals surface area contributed by atoms with Gasteiger partial charge in [-0.3, -0.25) is 5.26 Å². The number of hydrogen-bond donors (Lipinski definition) is 1. The van der Waals surface area contributed by atoms with Crippen molar-refractivity contribution in [2.75, 3.05) is 0 Å². The Balaban J connectivity index is 2.50. The first-order valence-electron chi connectivity index (χ1n) is 6.77. The second-order valence-corrected chi connectivity index (χ2v) is 7.20. The summed E-state index contributed by atoms with van der Waals surface area (Å²) in [6, 6.07) is 0. The highest BCUT2D eigenvalue weighted by Crippen LogP contribution is 2.40. The first-order valence-corrected chi connectivity index (χ1v) is 6.77. The molecule has 1 N–H and O–H groups in total. The molecule has 18 heavy (non-hydrogen) atoms. The van der Waals surface area contributed by atoms with Gasteiger partial charge in [0.1, 0.15) is 11.2 Å². The van der Waals surface area contributed by atoms with Crippen LogP contribution < -0.4 is 0 Å². The summed E-state index contributed by atoms with van der Waals surface area (Å²) >= 11 is 0. The molecule has 0 unspecified atom stereocenters. The molecule has 0 aromatic carbocycles. The minimum Gasteiger partial charge on any atom is -0.251 e. The Morgan fingerprint density at radius 3 is 1.89 bits per heavy atom. The van der Waals surface area contributed by atoms with Crippen LogP contribution in [-0.2, 0) is 14.7 Å². The maximum absolute atomic E-state index is 8.89. The minimum atomic E-state index is -0.391. The van der Waals surface area contributed by atoms with Gasteiger partial charge in [-0.25, -0.2) is 14.7 Å². The van der Waals surface area contributed by atoms with Crippen molar-refractivity contribution in [3.05, 3.63) is 0 Å². The Morgan fingerprint density at radius 2 is 1.50 bits per heavy atom. The lowest BCUT2D eigenvalue weighted by atomic mass is 9.73. The SMILES string of the molecule is CC(C)(C)OOC(C)(C)C1CCC(C)(OO)CC1. The summed E-state index contributed by atoms with van der Waals surface area (Å²) in [7, 11) is 0. The van der Waals surface area contributed by atoms with Crippen LogP contribution in [0.1, 0.15) is 67.2 Å². The molecular weight excluding hydrogens is 232 g/mol. The zero-order chi connectivity index (χ0) is 14.0. The Morgan fingerprint density at radius 1 is 1.00 bits per heavy atom. The molecular formula is C14H28O4. The van der Waals surface area contributed by atoms with E-state index in [4.69, 9.17) is 15.0 Å². The van der Waals surface area contributed by atoms with Crippen LogP contribution in [0.2, 0.25) is 0 Å². The van der Waals surface area contributed by atoms with E-state index >= 15 is 0 Å². The van der Waals surface area contributed by atoms with Gasteiger partial charge in [0.2, 0.25) is 0 Å². The molecule has 0 atom stereocenters. The van der Waals surface area contributed by atoms with Crippen molar-refractivity contribution in [3.8, 4) is 0 Å². The quantitative estimate of drug-likeness (QED) is 0.614. The van der Waals surface area contributed by atoms with E-state index in [1.54, 1.807) is 0 Å². The van der Waals surface area contributed by atoms with Crippen LogP contribution >= 0.6 is 0 Å². The molecule has 0 bridgehead atoms. The van der Waals surface area contributed by atoms with Gasteiger partial charge >= 0.3 is 0 Å². The van der Waals surface area contributed by atoms with Crippen LogP contribution in [-0.4, -0.2) is 22.1 Å². The van der Waals surface area contributed by atoms with Gasteiger partial charge in [-0.1, -0.05) is 0 Å². The fourth-order valence-electron chi connectivity index (χ4n) is 2.32. The molecule has 4 heteroatoms. The van der Waals surface area contributed by atoms with Gasteiger partial charge < -0.3 is 0 Å². The molecule has 0 radical (unpaired) electrons. The normalized spacial score (nSPS) is 30.5. The third kappa shape index (κ3) is 4.50. The van der Waals surface area contributed by atoms with Crippen LogP contribution in [0.15, 0.2) is 0 Å². The first kappa shape index (κ1) is 15.9. The van der Waals surface area contributed by atoms with Crippen LogP contribution in [0.4, 0.5) is 0 Å². The third-order valence-electron chi connectivity index (χ3n) is 3.75. The monoisotopic (exact) mass is 260 g/mol. The van der Waals surface area contributed by atoms with Gasteiger partial charge in [0.05, 0.1) is 5.60 Å². The van der Waals surface area contributed by atoms with Gasteiger partial charge in [-0.15, -0.1) is 0 Å². The van der Waals surface area contributed by atoms with Gasteiger partial charge in [-0.05, 0) is 73.1 Å². The van der Waals surface area contributed by atoms with Gasteiger partial charge in [0, 0.05) is 0 Å². The first-order chi connectivity index (χ1) is 8.08. The van der Waals surface area contributed by atoms with Crippen LogP contribution in [0.5, 0.6) is 0 Å². The molecule has 0 spiro atoms. The van der Waals surface area contributed by atoms with Gasteiger partial charge in [0.25, 0.3) is 0 Å². The van der Waals surface area contributed by atoms with E-state index in [1.807, 2.05) is 27.7 Å². The van der Waals surface area contributed by atoms with Crippen LogP contribution in [0.25, 0.3) is 0 Å². The molecule has 0 aromatic rings. The summed E-state index contributed by atoms with van der Waals surface area (Å²) < 4.78 is 0. The fraction of sp³-hybridized carbons (Fsp3) is 1.00. The molecule has 0 saturated heterocycles. The second kappa shape index (κ2) is 5.45. The Hall–Kier alpha value is -0.160. The Bertz CT molecular complexity index is 259. The zero-order valence-electron chi connectivity index (χ0n) is 12.6. The second-order valence-electron chi connectivity index (χ2n) is 7.20. The van der Waals surface area contributed by atoms with Crippen LogP contribution in [0.3, 0.4) is 0 Å². The minimum absolute atomic E-state index is 0.297. The van der Waals surface area contributed by atoms with Gasteiger partial charge in [0.15, 0.2) is 0 Å². The van der Waals surface area contributed by atoms with Crippen LogP contribution in [0, 0.1) is 5.92 Å². The van der Waals surface area contributed by atoms with E-state index in [0.29, 0.717) is 5.92 Å². The number of hydrogen-bond acceptors (Lipinski definition) is 4. The van der Waals surface area contributed by atoms with E-state index in [1.165, 1.54) is 0 Å². The predicted molar refractivity (Wildman–Crippen MR) is 70.1 cm³/mol. The predicted octanol–water partition coefficient (Wildman–Crippen LogP) is 3.95. The van der Waals surface area contributed by atoms with Crippen molar-refractivity contribution in [3.63, 3.8) is 0 Å². The van der Waals surface area contributed by atoms with Crippen molar-refractivity contribution in [1.82, 2.24) is 0 Å². The molecule has 1 aliphatic carbocycles. The Kier molecular flexibility index (Phi) is 4.81. The maximum Gasteiger partial charge on any atom is 0.101 e. The highest BCUT2D eigenvalue weighted by Gasteiger charge is 2.40. The van der Waals surface area contributed by atoms with Crippen molar-refractivity contribution in [2.24, 2.45) is 5.92 Å². The Labute approximate surface area is 110 Å². The van der Waals surface area contributed by atoms with E-state index in [-0.39, 0.29) is 11.2 Å². The molecule has 1 aliphatic rings. The summed E-state index contributed by atoms with van der Waals surface area (Å²) in [5.41, 5.74) is -1.00. The molecule has 4 nitrogen and oxygen atoms in total. The smallest absolute Gasteiger partial charge is 0.101 e. The lowest BCUT2D eigenvalue weighted by Gasteiger charge is -2.41. The average Bonchev–Trinajstić information content (AvgIpc) is 2.26. The number of rotatable bonds is 4. The van der Waals surface area contributed by atoms with Crippen molar-refractivity contribution < 1.29 is 19.9 Å². The van der Waals surface area contributed by atoms with Crippen molar-refractivity contribution in [1.29, 1.82) is 0 Å². The lowest BCUT2D eigenvalue weighted by molar-refractivity contribution is -0.409. The molecule has 0 aliphatic heterocycles. The lowest BCUT2D eigenvalue weighted by Crippen LogP contribution is -2.43. The maximum atomic E-state index is 8.89. The summed E-state index contributed by atoms with van der Waals surface area (Å²) in [5, 5.41) is 8.89. The molecule has 108 valence electrons. The van der Waals surface area contributed by atoms with Gasteiger partial charge in [-0.2, -0.15) is 0 Å². The largest absolute Gasteiger partial charge is 0.251 e. The average molecular weight is 260 g/mol. The highest BCUT2D eigenvalue weighted by molar-refractivity contribution is 4.89. The molecule has 0 amide bonds. The fourth-order valence-corrected chi connectivity index (χ4v) is 2.32. The van der Waals surface area contributed by atoms with E-state index in [2.05, 4.69) is 18.7 Å². The highest BCUT2D eigenvalue weighted by atomic mass is 17.2. The summed E-state index contributed by atoms with van der Waals surface area (Å²) in [5.74, 6) is 0.420. The molecule has 1 rings (SSSR count). The molecule has 0 aromatic heterocycles. The molecule has 1 saturated carbocycles. The molecule has 0 heterocycles. The van der Waals surface area contributed by atoms with Crippen molar-refractivity contribution in [2.45, 2.75) is 84.0 Å². The topological polar surface area (TPSA) is 47.9 Å². The van der Waals surface area contributed by atoms with E-state index < -0.39 is 5.60 Å². The summed E-state index contributed by atoms with van der Waals surface area (Å²) in [6.07, 6.45) is 3.63. The van der Waals surface area contributed by atoms with E-state index in [9.17, 15) is 0 Å². The zero-order valence-corrected chi connectivity index (χ0v) is 12.6. The molecule has 1 fully saturated rings. The summed E-state index contributed by atoms with van der Waals surface area (Å²) in [6.45, 7) is 12.0. The van der Waals surface area contributed by atoms with Crippen molar-refractivity contribution >= 4 is 0 Å². The third-order valence-corrected chi connectivity index (χ3v) is 3.75. The van der Waals surface area contributed by atoms with E-state index in [0.717, 1.165) is 25.7 Å². The summed E-state index contributed by atoms with van der Waals surface area (Å²) in [4.78, 5) is 15.7.